The molecule has 106 valence electrons. The molecule has 0 bridgehead atoms. The van der Waals surface area contributed by atoms with Gasteiger partial charge in [-0.1, -0.05) is 58.4 Å². The van der Waals surface area contributed by atoms with Gasteiger partial charge in [-0.15, -0.1) is 0 Å². The van der Waals surface area contributed by atoms with E-state index in [1.807, 2.05) is 40.9 Å². The molecule has 22 heavy (non-hydrogen) atoms. The van der Waals surface area contributed by atoms with Gasteiger partial charge in [-0.3, -0.25) is 4.40 Å². The van der Waals surface area contributed by atoms with E-state index in [-0.39, 0.29) is 0 Å². The van der Waals surface area contributed by atoms with Crippen molar-refractivity contribution < 1.29 is 0 Å². The lowest BCUT2D eigenvalue weighted by Gasteiger charge is -2.09. The minimum Gasteiger partial charge on any atom is -0.284 e. The largest absolute Gasteiger partial charge is 0.284 e. The summed E-state index contributed by atoms with van der Waals surface area (Å²) in [4.78, 5) is 9.00. The van der Waals surface area contributed by atoms with Crippen LogP contribution < -0.4 is 0 Å². The summed E-state index contributed by atoms with van der Waals surface area (Å²) in [6.45, 7) is 0. The van der Waals surface area contributed by atoms with Crippen LogP contribution in [0.15, 0.2) is 77.5 Å². The Morgan fingerprint density at radius 3 is 2.41 bits per heavy atom. The van der Waals surface area contributed by atoms with Crippen molar-refractivity contribution in [1.29, 1.82) is 0 Å². The predicted molar refractivity (Wildman–Crippen MR) is 91.6 cm³/mol. The van der Waals surface area contributed by atoms with Gasteiger partial charge in [0.15, 0.2) is 0 Å². The smallest absolute Gasteiger partial charge is 0.234 e. The minimum atomic E-state index is 0.708. The van der Waals surface area contributed by atoms with Crippen molar-refractivity contribution in [3.63, 3.8) is 0 Å². The van der Waals surface area contributed by atoms with E-state index in [0.717, 1.165) is 27.0 Å². The second kappa shape index (κ2) is 5.39. The topological polar surface area (TPSA) is 30.2 Å². The Balaban J connectivity index is 1.97. The van der Waals surface area contributed by atoms with Crippen molar-refractivity contribution in [3.8, 4) is 22.5 Å². The molecule has 2 heterocycles. The van der Waals surface area contributed by atoms with Crippen LogP contribution in [0.1, 0.15) is 0 Å². The molecular formula is C18H12BrN3. The third-order valence-corrected chi connectivity index (χ3v) is 4.11. The van der Waals surface area contributed by atoms with Crippen molar-refractivity contribution in [3.05, 3.63) is 77.5 Å². The summed E-state index contributed by atoms with van der Waals surface area (Å²) in [6, 6.07) is 20.5. The zero-order valence-electron chi connectivity index (χ0n) is 11.6. The van der Waals surface area contributed by atoms with E-state index in [9.17, 15) is 0 Å². The number of nitrogens with zero attached hydrogens (tertiary/aromatic N) is 3. The molecule has 0 saturated heterocycles. The lowest BCUT2D eigenvalue weighted by atomic mass is 10.1. The molecule has 0 radical (unpaired) electrons. The number of hydrogen-bond acceptors (Lipinski definition) is 2. The Morgan fingerprint density at radius 2 is 1.64 bits per heavy atom. The summed E-state index contributed by atoms with van der Waals surface area (Å²) < 4.78 is 3.07. The van der Waals surface area contributed by atoms with Crippen LogP contribution in [0.2, 0.25) is 0 Å². The number of hydrogen-bond donors (Lipinski definition) is 0. The maximum atomic E-state index is 4.65. The van der Waals surface area contributed by atoms with Gasteiger partial charge >= 0.3 is 0 Å². The molecule has 0 aliphatic carbocycles. The number of fused-ring (bicyclic) bond motifs is 1. The van der Waals surface area contributed by atoms with Crippen molar-refractivity contribution in [1.82, 2.24) is 14.4 Å². The normalized spacial score (nSPS) is 11.0. The average molecular weight is 350 g/mol. The van der Waals surface area contributed by atoms with Crippen molar-refractivity contribution in [2.45, 2.75) is 0 Å². The molecule has 0 atom stereocenters. The summed E-state index contributed by atoms with van der Waals surface area (Å²) >= 11 is 3.48. The summed E-state index contributed by atoms with van der Waals surface area (Å²) in [6.07, 6.45) is 3.72. The third kappa shape index (κ3) is 2.31. The second-order valence-corrected chi connectivity index (χ2v) is 5.91. The Morgan fingerprint density at radius 1 is 0.864 bits per heavy atom. The zero-order valence-corrected chi connectivity index (χ0v) is 13.2. The number of imidazole rings is 1. The Bertz CT molecular complexity index is 928. The van der Waals surface area contributed by atoms with Gasteiger partial charge in [0, 0.05) is 22.4 Å². The van der Waals surface area contributed by atoms with Crippen LogP contribution >= 0.6 is 15.9 Å². The first-order chi connectivity index (χ1) is 10.8. The molecule has 0 aliphatic rings. The molecular weight excluding hydrogens is 338 g/mol. The maximum Gasteiger partial charge on any atom is 0.234 e. The van der Waals surface area contributed by atoms with Crippen molar-refractivity contribution in [2.24, 2.45) is 0 Å². The van der Waals surface area contributed by atoms with Crippen LogP contribution in [0.5, 0.6) is 0 Å². The molecule has 0 aliphatic heterocycles. The van der Waals surface area contributed by atoms with Crippen LogP contribution in [-0.4, -0.2) is 14.4 Å². The van der Waals surface area contributed by atoms with E-state index in [1.165, 1.54) is 0 Å². The first-order valence-corrected chi connectivity index (χ1v) is 7.76. The van der Waals surface area contributed by atoms with Gasteiger partial charge in [-0.2, -0.15) is 0 Å². The summed E-state index contributed by atoms with van der Waals surface area (Å²) in [5.74, 6) is 0.708. The van der Waals surface area contributed by atoms with Gasteiger partial charge in [0.1, 0.15) is 0 Å². The fraction of sp³-hybridized carbons (Fsp3) is 0. The van der Waals surface area contributed by atoms with Crippen LogP contribution in [0.25, 0.3) is 28.3 Å². The Hall–Kier alpha value is -2.46. The fourth-order valence-electron chi connectivity index (χ4n) is 2.51. The van der Waals surface area contributed by atoms with E-state index >= 15 is 0 Å². The molecule has 3 nitrogen and oxygen atoms in total. The predicted octanol–water partition coefficient (Wildman–Crippen LogP) is 4.83. The Labute approximate surface area is 136 Å². The fourth-order valence-corrected chi connectivity index (χ4v) is 2.77. The lowest BCUT2D eigenvalue weighted by molar-refractivity contribution is 1.12. The monoisotopic (exact) mass is 349 g/mol. The quantitative estimate of drug-likeness (QED) is 0.519. The van der Waals surface area contributed by atoms with Gasteiger partial charge in [0.05, 0.1) is 11.4 Å². The van der Waals surface area contributed by atoms with Gasteiger partial charge < -0.3 is 0 Å². The van der Waals surface area contributed by atoms with E-state index < -0.39 is 0 Å². The number of aromatic nitrogens is 3. The molecule has 0 fully saturated rings. The molecule has 2 aromatic heterocycles. The van der Waals surface area contributed by atoms with Gasteiger partial charge in [0.2, 0.25) is 5.78 Å². The van der Waals surface area contributed by atoms with E-state index in [4.69, 9.17) is 0 Å². The molecule has 0 unspecified atom stereocenters. The highest BCUT2D eigenvalue weighted by Crippen LogP contribution is 2.27. The highest BCUT2D eigenvalue weighted by molar-refractivity contribution is 9.10. The first-order valence-electron chi connectivity index (χ1n) is 6.97. The summed E-state index contributed by atoms with van der Waals surface area (Å²) in [7, 11) is 0. The maximum absolute atomic E-state index is 4.65. The lowest BCUT2D eigenvalue weighted by Crippen LogP contribution is -1.96. The van der Waals surface area contributed by atoms with E-state index in [1.54, 1.807) is 6.20 Å². The molecule has 2 aromatic carbocycles. The molecule has 0 saturated carbocycles. The highest BCUT2D eigenvalue weighted by Gasteiger charge is 2.09. The standard InChI is InChI=1S/C18H12BrN3/c19-15-8-6-14(7-9-15)17-12-16(13-4-2-1-3-5-13)21-18-20-10-11-22(17)18/h1-12H. The van der Waals surface area contributed by atoms with E-state index in [2.05, 4.69) is 56.2 Å². The van der Waals surface area contributed by atoms with Gasteiger partial charge in [0.25, 0.3) is 0 Å². The Kier molecular flexibility index (Phi) is 3.24. The SMILES string of the molecule is Brc1ccc(-c2cc(-c3ccccc3)nc3nccn23)cc1. The number of halogens is 1. The third-order valence-electron chi connectivity index (χ3n) is 3.58. The van der Waals surface area contributed by atoms with Crippen LogP contribution in [-0.2, 0) is 0 Å². The molecule has 4 aromatic rings. The average Bonchev–Trinajstić information content (AvgIpc) is 3.04. The first kappa shape index (κ1) is 13.2. The second-order valence-electron chi connectivity index (χ2n) is 5.00. The van der Waals surface area contributed by atoms with Gasteiger partial charge in [-0.05, 0) is 23.8 Å². The minimum absolute atomic E-state index is 0.708. The molecule has 4 heteroatoms. The van der Waals surface area contributed by atoms with Crippen LogP contribution in [0, 0.1) is 0 Å². The zero-order chi connectivity index (χ0) is 14.9. The molecule has 0 N–H and O–H groups in total. The summed E-state index contributed by atoms with van der Waals surface area (Å²) in [5.41, 5.74) is 4.23. The van der Waals surface area contributed by atoms with Crippen molar-refractivity contribution >= 4 is 21.7 Å². The van der Waals surface area contributed by atoms with Crippen molar-refractivity contribution in [2.75, 3.05) is 0 Å². The molecule has 0 spiro atoms. The van der Waals surface area contributed by atoms with Gasteiger partial charge in [-0.25, -0.2) is 9.97 Å². The van der Waals surface area contributed by atoms with Crippen LogP contribution in [0.4, 0.5) is 0 Å². The van der Waals surface area contributed by atoms with E-state index in [0.29, 0.717) is 5.78 Å². The number of benzene rings is 2. The highest BCUT2D eigenvalue weighted by atomic mass is 79.9. The molecule has 0 amide bonds. The number of rotatable bonds is 2. The molecule has 4 rings (SSSR count). The summed E-state index contributed by atoms with van der Waals surface area (Å²) in [5, 5.41) is 0. The van der Waals surface area contributed by atoms with Crippen LogP contribution in [0.3, 0.4) is 0 Å².